The molecule has 0 saturated carbocycles. The number of ether oxygens (including phenoxy) is 2. The molecular formula is C34H48BrN3O6. The van der Waals surface area contributed by atoms with Gasteiger partial charge in [-0.25, -0.2) is 0 Å². The van der Waals surface area contributed by atoms with Crippen molar-refractivity contribution in [3.63, 3.8) is 0 Å². The van der Waals surface area contributed by atoms with E-state index in [0.717, 1.165) is 19.3 Å². The zero-order valence-electron chi connectivity index (χ0n) is 26.3. The van der Waals surface area contributed by atoms with Gasteiger partial charge in [-0.1, -0.05) is 41.4 Å². The molecule has 1 aromatic carbocycles. The third-order valence-corrected chi connectivity index (χ3v) is 10.1. The van der Waals surface area contributed by atoms with Crippen LogP contribution in [0.4, 0.5) is 5.69 Å². The molecule has 242 valence electrons. The first kappa shape index (κ1) is 34.2. The molecule has 3 aliphatic rings. The number of fused-ring (bicyclic) bond motifs is 1. The van der Waals surface area contributed by atoms with Gasteiger partial charge in [0, 0.05) is 42.8 Å². The number of anilines is 1. The Labute approximate surface area is 270 Å². The Kier molecular flexibility index (Phi) is 11.7. The van der Waals surface area contributed by atoms with Crippen LogP contribution in [0.2, 0.25) is 0 Å². The van der Waals surface area contributed by atoms with Crippen LogP contribution in [0.3, 0.4) is 0 Å². The Morgan fingerprint density at radius 1 is 1.16 bits per heavy atom. The quantitative estimate of drug-likeness (QED) is 0.146. The van der Waals surface area contributed by atoms with Gasteiger partial charge in [0.05, 0.1) is 24.5 Å². The van der Waals surface area contributed by atoms with Crippen LogP contribution in [0.25, 0.3) is 0 Å². The summed E-state index contributed by atoms with van der Waals surface area (Å²) < 4.78 is 12.4. The monoisotopic (exact) mass is 673 g/mol. The van der Waals surface area contributed by atoms with Gasteiger partial charge < -0.3 is 29.3 Å². The number of aliphatic hydroxyl groups is 1. The van der Waals surface area contributed by atoms with E-state index in [1.165, 1.54) is 0 Å². The normalized spacial score (nSPS) is 27.6. The lowest BCUT2D eigenvalue weighted by Gasteiger charge is -2.39. The van der Waals surface area contributed by atoms with Crippen molar-refractivity contribution in [2.24, 2.45) is 11.8 Å². The van der Waals surface area contributed by atoms with Gasteiger partial charge in [0.15, 0.2) is 0 Å². The SMILES string of the molecule is C=CCN(C(=O)[C@H]1[C@H]2C(=O)N(CCCCCO)C(C(=O)N(CC=C)C(C)CCC)C23CC(Br)[C@@H]1O3)c1ccc(OCC)cc1. The maximum absolute atomic E-state index is 14.6. The van der Waals surface area contributed by atoms with Gasteiger partial charge in [0.2, 0.25) is 17.7 Å². The number of amides is 3. The lowest BCUT2D eigenvalue weighted by molar-refractivity contribution is -0.149. The Bertz CT molecular complexity index is 1190. The second kappa shape index (κ2) is 15.1. The third-order valence-electron chi connectivity index (χ3n) is 9.25. The highest BCUT2D eigenvalue weighted by Gasteiger charge is 2.77. The topological polar surface area (TPSA) is 99.6 Å². The van der Waals surface area contributed by atoms with Crippen LogP contribution in [0.15, 0.2) is 49.6 Å². The number of carbonyl (C=O) groups is 3. The summed E-state index contributed by atoms with van der Waals surface area (Å²) in [7, 11) is 0. The van der Waals surface area contributed by atoms with Crippen LogP contribution in [0.5, 0.6) is 5.75 Å². The number of nitrogens with zero attached hydrogens (tertiary/aromatic N) is 3. The summed E-state index contributed by atoms with van der Waals surface area (Å²) in [6.07, 6.45) is 6.99. The summed E-state index contributed by atoms with van der Waals surface area (Å²) >= 11 is 3.79. The molecule has 1 aromatic rings. The zero-order chi connectivity index (χ0) is 32.0. The second-order valence-electron chi connectivity index (χ2n) is 12.1. The lowest BCUT2D eigenvalue weighted by atomic mass is 9.70. The maximum Gasteiger partial charge on any atom is 0.248 e. The summed E-state index contributed by atoms with van der Waals surface area (Å²) in [6.45, 7) is 15.4. The number of carbonyl (C=O) groups excluding carboxylic acids is 3. The van der Waals surface area contributed by atoms with Crippen molar-refractivity contribution in [1.82, 2.24) is 9.80 Å². The third kappa shape index (κ3) is 6.35. The first-order valence-electron chi connectivity index (χ1n) is 16.0. The molecule has 0 aliphatic carbocycles. The number of likely N-dealkylation sites (tertiary alicyclic amines) is 1. The van der Waals surface area contributed by atoms with Gasteiger partial charge in [-0.05, 0) is 70.2 Å². The first-order chi connectivity index (χ1) is 21.2. The average Bonchev–Trinajstić information content (AvgIpc) is 3.60. The molecule has 3 aliphatic heterocycles. The van der Waals surface area contributed by atoms with Crippen LogP contribution in [0.1, 0.15) is 59.3 Å². The van der Waals surface area contributed by atoms with Gasteiger partial charge in [-0.3, -0.25) is 14.4 Å². The van der Waals surface area contributed by atoms with Gasteiger partial charge >= 0.3 is 0 Å². The average molecular weight is 675 g/mol. The van der Waals surface area contributed by atoms with Crippen LogP contribution >= 0.6 is 15.9 Å². The summed E-state index contributed by atoms with van der Waals surface area (Å²) in [6, 6.07) is 6.41. The van der Waals surface area contributed by atoms with Crippen molar-refractivity contribution in [2.45, 2.75) is 87.9 Å². The molecule has 2 bridgehead atoms. The molecule has 4 rings (SSSR count). The number of unbranched alkanes of at least 4 members (excludes halogenated alkanes) is 2. The number of aliphatic hydroxyl groups excluding tert-OH is 1. The Morgan fingerprint density at radius 3 is 2.48 bits per heavy atom. The van der Waals surface area contributed by atoms with E-state index in [9.17, 15) is 19.5 Å². The van der Waals surface area contributed by atoms with Gasteiger partial charge in [-0.2, -0.15) is 0 Å². The lowest BCUT2D eigenvalue weighted by Crippen LogP contribution is -2.58. The molecular weight excluding hydrogens is 626 g/mol. The highest BCUT2D eigenvalue weighted by molar-refractivity contribution is 9.09. The molecule has 4 unspecified atom stereocenters. The minimum atomic E-state index is -1.13. The standard InChI is InChI=1S/C34H48BrN3O6/c1-6-13-23(5)36(18-7-2)33(42)30-34-22-26(35)29(44-34)27(28(34)32(41)38(30)20-11-10-12-21-39)31(40)37(19-8-3)24-14-16-25(17-15-24)43-9-4/h7-8,14-17,23,26-30,39H,2-3,6,9-13,18-22H2,1,4-5H3/t23?,26?,27-,28-,29-,30?,34?/m0/s1. The fourth-order valence-electron chi connectivity index (χ4n) is 7.38. The summed E-state index contributed by atoms with van der Waals surface area (Å²) in [5.74, 6) is -1.45. The van der Waals surface area contributed by atoms with Crippen LogP contribution in [0, 0.1) is 11.8 Å². The molecule has 44 heavy (non-hydrogen) atoms. The van der Waals surface area contributed by atoms with Gasteiger partial charge in [0.25, 0.3) is 0 Å². The van der Waals surface area contributed by atoms with E-state index in [-0.39, 0.29) is 41.7 Å². The summed E-state index contributed by atoms with van der Waals surface area (Å²) in [4.78, 5) is 48.5. The van der Waals surface area contributed by atoms with Gasteiger partial charge in [0.1, 0.15) is 17.4 Å². The molecule has 3 saturated heterocycles. The van der Waals surface area contributed by atoms with Crippen molar-refractivity contribution in [1.29, 1.82) is 0 Å². The molecule has 1 N–H and O–H groups in total. The van der Waals surface area contributed by atoms with Gasteiger partial charge in [-0.15, -0.1) is 13.2 Å². The summed E-state index contributed by atoms with van der Waals surface area (Å²) in [5.41, 5.74) is -0.459. The number of alkyl halides is 1. The first-order valence-corrected chi connectivity index (χ1v) is 16.9. The van der Waals surface area contributed by atoms with Crippen LogP contribution in [-0.4, -0.2) is 94.1 Å². The molecule has 7 atom stereocenters. The number of hydrogen-bond acceptors (Lipinski definition) is 6. The number of rotatable bonds is 17. The van der Waals surface area contributed by atoms with Crippen molar-refractivity contribution >= 4 is 39.3 Å². The zero-order valence-corrected chi connectivity index (χ0v) is 27.9. The fourth-order valence-corrected chi connectivity index (χ4v) is 8.32. The molecule has 3 heterocycles. The minimum absolute atomic E-state index is 0.0502. The molecule has 1 spiro atoms. The van der Waals surface area contributed by atoms with E-state index in [1.54, 1.807) is 22.0 Å². The smallest absolute Gasteiger partial charge is 0.248 e. The summed E-state index contributed by atoms with van der Waals surface area (Å²) in [5, 5.41) is 9.33. The molecule has 10 heteroatoms. The van der Waals surface area contributed by atoms with E-state index in [2.05, 4.69) is 36.0 Å². The van der Waals surface area contributed by atoms with E-state index in [1.807, 2.05) is 43.0 Å². The maximum atomic E-state index is 14.6. The van der Waals surface area contributed by atoms with Crippen LogP contribution < -0.4 is 9.64 Å². The Balaban J connectivity index is 1.74. The van der Waals surface area contributed by atoms with E-state index in [0.29, 0.717) is 50.4 Å². The Hall–Kier alpha value is -2.69. The molecule has 0 radical (unpaired) electrons. The molecule has 0 aromatic heterocycles. The van der Waals surface area contributed by atoms with Crippen molar-refractivity contribution in [3.8, 4) is 5.75 Å². The van der Waals surface area contributed by atoms with E-state index < -0.39 is 29.6 Å². The number of benzene rings is 1. The van der Waals surface area contributed by atoms with Crippen LogP contribution in [-0.2, 0) is 19.1 Å². The highest BCUT2D eigenvalue weighted by Crippen LogP contribution is 2.60. The predicted molar refractivity (Wildman–Crippen MR) is 175 cm³/mol. The molecule has 3 amide bonds. The highest BCUT2D eigenvalue weighted by atomic mass is 79.9. The largest absolute Gasteiger partial charge is 0.494 e. The number of halogens is 1. The van der Waals surface area contributed by atoms with Crippen molar-refractivity contribution in [3.05, 3.63) is 49.6 Å². The fraction of sp³-hybridized carbons (Fsp3) is 0.618. The number of hydrogen-bond donors (Lipinski definition) is 1. The molecule has 9 nitrogen and oxygen atoms in total. The van der Waals surface area contributed by atoms with E-state index >= 15 is 0 Å². The Morgan fingerprint density at radius 2 is 1.86 bits per heavy atom. The second-order valence-corrected chi connectivity index (χ2v) is 13.2. The van der Waals surface area contributed by atoms with Crippen molar-refractivity contribution in [2.75, 3.05) is 37.7 Å². The minimum Gasteiger partial charge on any atom is -0.494 e. The van der Waals surface area contributed by atoms with E-state index in [4.69, 9.17) is 9.47 Å². The predicted octanol–water partition coefficient (Wildman–Crippen LogP) is 4.72. The molecule has 3 fully saturated rings. The van der Waals surface area contributed by atoms with Crippen molar-refractivity contribution < 1.29 is 29.0 Å².